The zero-order valence-electron chi connectivity index (χ0n) is 12.7. The van der Waals surface area contributed by atoms with Gasteiger partial charge < -0.3 is 24.4 Å². The van der Waals surface area contributed by atoms with E-state index in [0.29, 0.717) is 29.7 Å². The first-order chi connectivity index (χ1) is 10.2. The van der Waals surface area contributed by atoms with Crippen molar-refractivity contribution >= 4 is 11.7 Å². The van der Waals surface area contributed by atoms with E-state index < -0.39 is 0 Å². The molecule has 0 saturated carbocycles. The number of anilines is 1. The molecule has 1 fully saturated rings. The summed E-state index contributed by atoms with van der Waals surface area (Å²) >= 11 is 0. The van der Waals surface area contributed by atoms with Gasteiger partial charge in [-0.15, -0.1) is 0 Å². The number of methoxy groups -OCH3 is 3. The smallest absolute Gasteiger partial charge is 0.321 e. The number of nitrogens with zero attached hydrogens (tertiary/aromatic N) is 1. The van der Waals surface area contributed by atoms with Crippen molar-refractivity contribution in [3.8, 4) is 11.5 Å². The van der Waals surface area contributed by atoms with Crippen molar-refractivity contribution < 1.29 is 19.0 Å². The van der Waals surface area contributed by atoms with Gasteiger partial charge >= 0.3 is 6.03 Å². The highest BCUT2D eigenvalue weighted by atomic mass is 16.5. The molecule has 1 atom stereocenters. The van der Waals surface area contributed by atoms with E-state index >= 15 is 0 Å². The molecule has 1 heterocycles. The van der Waals surface area contributed by atoms with Crippen molar-refractivity contribution in [1.82, 2.24) is 4.90 Å². The highest BCUT2D eigenvalue weighted by Crippen LogP contribution is 2.29. The second-order valence-corrected chi connectivity index (χ2v) is 5.05. The fraction of sp³-hybridized carbons (Fsp3) is 0.533. The molecule has 2 rings (SSSR count). The first-order valence-corrected chi connectivity index (χ1v) is 6.94. The van der Waals surface area contributed by atoms with Crippen LogP contribution in [0.4, 0.5) is 10.5 Å². The van der Waals surface area contributed by atoms with E-state index in [9.17, 15) is 4.79 Å². The molecule has 1 N–H and O–H groups in total. The average molecular weight is 294 g/mol. The van der Waals surface area contributed by atoms with Crippen LogP contribution in [0, 0.1) is 5.92 Å². The monoisotopic (exact) mass is 294 g/mol. The van der Waals surface area contributed by atoms with Gasteiger partial charge in [0.2, 0.25) is 0 Å². The summed E-state index contributed by atoms with van der Waals surface area (Å²) in [7, 11) is 4.84. The number of ether oxygens (including phenoxy) is 3. The predicted octanol–water partition coefficient (Wildman–Crippen LogP) is 2.20. The molecular formula is C15H22N2O4. The molecule has 0 aliphatic carbocycles. The molecule has 1 aliphatic heterocycles. The molecule has 6 nitrogen and oxygen atoms in total. The molecule has 0 bridgehead atoms. The maximum atomic E-state index is 12.3. The third-order valence-electron chi connectivity index (χ3n) is 3.63. The number of hydrogen-bond donors (Lipinski definition) is 1. The third kappa shape index (κ3) is 3.78. The van der Waals surface area contributed by atoms with Crippen molar-refractivity contribution in [2.75, 3.05) is 46.3 Å². The second kappa shape index (κ2) is 7.17. The van der Waals surface area contributed by atoms with Crippen LogP contribution in [0.25, 0.3) is 0 Å². The van der Waals surface area contributed by atoms with Gasteiger partial charge in [0.1, 0.15) is 11.5 Å². The first kappa shape index (κ1) is 15.4. The predicted molar refractivity (Wildman–Crippen MR) is 80.1 cm³/mol. The van der Waals surface area contributed by atoms with Crippen molar-refractivity contribution in [3.05, 3.63) is 18.2 Å². The lowest BCUT2D eigenvalue weighted by atomic mass is 10.1. The molecule has 0 spiro atoms. The highest BCUT2D eigenvalue weighted by molar-refractivity contribution is 5.91. The van der Waals surface area contributed by atoms with Crippen molar-refractivity contribution in [3.63, 3.8) is 0 Å². The van der Waals surface area contributed by atoms with Crippen LogP contribution in [0.3, 0.4) is 0 Å². The lowest BCUT2D eigenvalue weighted by Gasteiger charge is -2.18. The Balaban J connectivity index is 2.00. The summed E-state index contributed by atoms with van der Waals surface area (Å²) < 4.78 is 15.6. The number of carbonyl (C=O) groups is 1. The van der Waals surface area contributed by atoms with Gasteiger partial charge in [0.15, 0.2) is 0 Å². The summed E-state index contributed by atoms with van der Waals surface area (Å²) in [5, 5.41) is 2.88. The van der Waals surface area contributed by atoms with E-state index in [1.807, 2.05) is 0 Å². The van der Waals surface area contributed by atoms with Crippen LogP contribution < -0.4 is 14.8 Å². The van der Waals surface area contributed by atoms with Crippen LogP contribution in [0.5, 0.6) is 11.5 Å². The van der Waals surface area contributed by atoms with Gasteiger partial charge in [0, 0.05) is 32.2 Å². The quantitative estimate of drug-likeness (QED) is 0.904. The Labute approximate surface area is 125 Å². The van der Waals surface area contributed by atoms with Gasteiger partial charge in [-0.1, -0.05) is 0 Å². The second-order valence-electron chi connectivity index (χ2n) is 5.05. The zero-order chi connectivity index (χ0) is 15.2. The average Bonchev–Trinajstić information content (AvgIpc) is 2.96. The molecule has 1 aromatic carbocycles. The summed E-state index contributed by atoms with van der Waals surface area (Å²) in [4.78, 5) is 14.1. The lowest BCUT2D eigenvalue weighted by Crippen LogP contribution is -2.33. The minimum absolute atomic E-state index is 0.114. The minimum atomic E-state index is -0.114. The molecule has 2 amide bonds. The molecule has 0 unspecified atom stereocenters. The van der Waals surface area contributed by atoms with Gasteiger partial charge in [-0.3, -0.25) is 0 Å². The standard InChI is InChI=1S/C15H22N2O4/c1-19-10-11-6-7-17(9-11)15(18)16-13-5-4-12(20-2)8-14(13)21-3/h4-5,8,11H,6-7,9-10H2,1-3H3,(H,16,18)/t11-/m1/s1. The van der Waals surface area contributed by atoms with Crippen molar-refractivity contribution in [1.29, 1.82) is 0 Å². The fourth-order valence-electron chi connectivity index (χ4n) is 2.48. The number of nitrogens with one attached hydrogen (secondary N) is 1. The molecule has 1 aromatic rings. The summed E-state index contributed by atoms with van der Waals surface area (Å²) in [6.07, 6.45) is 0.973. The Morgan fingerprint density at radius 3 is 2.81 bits per heavy atom. The normalized spacial score (nSPS) is 17.7. The number of amides is 2. The Kier molecular flexibility index (Phi) is 5.27. The molecule has 0 radical (unpaired) electrons. The summed E-state index contributed by atoms with van der Waals surface area (Å²) in [5.41, 5.74) is 0.637. The van der Waals surface area contributed by atoms with Gasteiger partial charge in [0.05, 0.1) is 26.5 Å². The van der Waals surface area contributed by atoms with Gasteiger partial charge in [-0.05, 0) is 18.6 Å². The van der Waals surface area contributed by atoms with Crippen LogP contribution in [0.1, 0.15) is 6.42 Å². The van der Waals surface area contributed by atoms with Crippen molar-refractivity contribution in [2.24, 2.45) is 5.92 Å². The lowest BCUT2D eigenvalue weighted by molar-refractivity contribution is 0.154. The van der Waals surface area contributed by atoms with E-state index in [1.165, 1.54) is 0 Å². The highest BCUT2D eigenvalue weighted by Gasteiger charge is 2.26. The Hall–Kier alpha value is -1.95. The van der Waals surface area contributed by atoms with E-state index in [-0.39, 0.29) is 6.03 Å². The van der Waals surface area contributed by atoms with Crippen LogP contribution in [-0.4, -0.2) is 52.0 Å². The number of rotatable bonds is 5. The first-order valence-electron chi connectivity index (χ1n) is 6.94. The largest absolute Gasteiger partial charge is 0.497 e. The van der Waals surface area contributed by atoms with Crippen LogP contribution in [-0.2, 0) is 4.74 Å². The van der Waals surface area contributed by atoms with E-state index in [0.717, 1.165) is 19.5 Å². The maximum Gasteiger partial charge on any atom is 0.321 e. The fourth-order valence-corrected chi connectivity index (χ4v) is 2.48. The maximum absolute atomic E-state index is 12.3. The summed E-state index contributed by atoms with van der Waals surface area (Å²) in [6, 6.07) is 5.19. The van der Waals surface area contributed by atoms with Crippen LogP contribution in [0.2, 0.25) is 0 Å². The topological polar surface area (TPSA) is 60.0 Å². The molecule has 1 aliphatic rings. The summed E-state index contributed by atoms with van der Waals surface area (Å²) in [5.74, 6) is 1.68. The number of benzene rings is 1. The number of likely N-dealkylation sites (tertiary alicyclic amines) is 1. The van der Waals surface area contributed by atoms with Crippen LogP contribution in [0.15, 0.2) is 18.2 Å². The van der Waals surface area contributed by atoms with E-state index in [2.05, 4.69) is 5.32 Å². The number of hydrogen-bond acceptors (Lipinski definition) is 4. The summed E-state index contributed by atoms with van der Waals surface area (Å²) in [6.45, 7) is 2.16. The molecule has 6 heteroatoms. The third-order valence-corrected chi connectivity index (χ3v) is 3.63. The molecular weight excluding hydrogens is 272 g/mol. The van der Waals surface area contributed by atoms with Gasteiger partial charge in [0.25, 0.3) is 0 Å². The molecule has 1 saturated heterocycles. The van der Waals surface area contributed by atoms with Gasteiger partial charge in [-0.2, -0.15) is 0 Å². The van der Waals surface area contributed by atoms with E-state index in [1.54, 1.807) is 44.4 Å². The molecule has 0 aromatic heterocycles. The minimum Gasteiger partial charge on any atom is -0.497 e. The zero-order valence-corrected chi connectivity index (χ0v) is 12.7. The molecule has 21 heavy (non-hydrogen) atoms. The van der Waals surface area contributed by atoms with Crippen LogP contribution >= 0.6 is 0 Å². The van der Waals surface area contributed by atoms with Gasteiger partial charge in [-0.25, -0.2) is 4.79 Å². The Morgan fingerprint density at radius 1 is 1.33 bits per heavy atom. The van der Waals surface area contributed by atoms with Crippen molar-refractivity contribution in [2.45, 2.75) is 6.42 Å². The Morgan fingerprint density at radius 2 is 2.14 bits per heavy atom. The number of urea groups is 1. The Bertz CT molecular complexity index is 493. The van der Waals surface area contributed by atoms with E-state index in [4.69, 9.17) is 14.2 Å². The SMILES string of the molecule is COC[C@@H]1CCN(C(=O)Nc2ccc(OC)cc2OC)C1. The molecule has 116 valence electrons. The number of carbonyl (C=O) groups excluding carboxylic acids is 1.